The number of alkyl halides is 2. The van der Waals surface area contributed by atoms with Gasteiger partial charge in [-0.05, 0) is 18.2 Å². The van der Waals surface area contributed by atoms with Crippen LogP contribution in [0.3, 0.4) is 0 Å². The summed E-state index contributed by atoms with van der Waals surface area (Å²) >= 11 is 0. The van der Waals surface area contributed by atoms with E-state index in [9.17, 15) is 13.6 Å². The van der Waals surface area contributed by atoms with Crippen LogP contribution in [0.4, 0.5) is 8.78 Å². The second-order valence-corrected chi connectivity index (χ2v) is 3.01. The minimum Gasteiger partial charge on any atom is -0.508 e. The van der Waals surface area contributed by atoms with Gasteiger partial charge in [0.15, 0.2) is 0 Å². The van der Waals surface area contributed by atoms with E-state index >= 15 is 0 Å². The highest BCUT2D eigenvalue weighted by molar-refractivity contribution is 5.78. The molecule has 3 nitrogen and oxygen atoms in total. The molecule has 0 saturated carbocycles. The van der Waals surface area contributed by atoms with Crippen LogP contribution in [0.5, 0.6) is 5.75 Å². The molecule has 0 bridgehead atoms. The first-order valence-corrected chi connectivity index (χ1v) is 4.13. The summed E-state index contributed by atoms with van der Waals surface area (Å²) in [5.74, 6) is -0.0875. The number of benzene rings is 1. The Bertz CT molecular complexity index is 560. The molecule has 5 heteroatoms. The van der Waals surface area contributed by atoms with Crippen molar-refractivity contribution in [2.45, 2.75) is 6.43 Å². The van der Waals surface area contributed by atoms with Gasteiger partial charge < -0.3 is 9.52 Å². The molecule has 78 valence electrons. The van der Waals surface area contributed by atoms with Gasteiger partial charge in [-0.2, -0.15) is 0 Å². The molecule has 1 N–H and O–H groups in total. The SMILES string of the molecule is O=c1oc2cc(O)ccc2cc1C(F)F. The molecule has 0 unspecified atom stereocenters. The van der Waals surface area contributed by atoms with Crippen LogP contribution in [0.1, 0.15) is 12.0 Å². The van der Waals surface area contributed by atoms with Gasteiger partial charge >= 0.3 is 5.63 Å². The van der Waals surface area contributed by atoms with Gasteiger partial charge in [0.05, 0.1) is 0 Å². The predicted molar refractivity (Wildman–Crippen MR) is 49.1 cm³/mol. The highest BCUT2D eigenvalue weighted by Crippen LogP contribution is 2.22. The van der Waals surface area contributed by atoms with Crippen LogP contribution in [-0.2, 0) is 0 Å². The molecule has 0 aliphatic carbocycles. The first kappa shape index (κ1) is 9.64. The molecule has 0 fully saturated rings. The summed E-state index contributed by atoms with van der Waals surface area (Å²) in [5, 5.41) is 9.44. The summed E-state index contributed by atoms with van der Waals surface area (Å²) < 4.78 is 29.3. The van der Waals surface area contributed by atoms with E-state index in [-0.39, 0.29) is 11.3 Å². The number of halogens is 2. The molecule has 0 aliphatic rings. The van der Waals surface area contributed by atoms with E-state index in [0.29, 0.717) is 5.39 Å². The van der Waals surface area contributed by atoms with Gasteiger partial charge in [-0.1, -0.05) is 0 Å². The number of phenolic OH excluding ortho intramolecular Hbond substituents is 1. The molecule has 0 aliphatic heterocycles. The standard InChI is InChI=1S/C10H6F2O3/c11-9(12)7-3-5-1-2-6(13)4-8(5)15-10(7)14/h1-4,9,13H. The van der Waals surface area contributed by atoms with E-state index in [1.165, 1.54) is 18.2 Å². The zero-order valence-electron chi connectivity index (χ0n) is 7.41. The maximum atomic E-state index is 12.3. The Morgan fingerprint density at radius 1 is 1.27 bits per heavy atom. The van der Waals surface area contributed by atoms with E-state index in [1.54, 1.807) is 0 Å². The minimum atomic E-state index is -2.86. The summed E-state index contributed by atoms with van der Waals surface area (Å²) in [6, 6.07) is 4.99. The van der Waals surface area contributed by atoms with Crippen molar-refractivity contribution in [2.75, 3.05) is 0 Å². The first-order valence-electron chi connectivity index (χ1n) is 4.13. The Morgan fingerprint density at radius 2 is 2.00 bits per heavy atom. The second kappa shape index (κ2) is 3.34. The first-order chi connectivity index (χ1) is 7.08. The fraction of sp³-hybridized carbons (Fsp3) is 0.100. The van der Waals surface area contributed by atoms with Crippen LogP contribution in [-0.4, -0.2) is 5.11 Å². The number of hydrogen-bond donors (Lipinski definition) is 1. The second-order valence-electron chi connectivity index (χ2n) is 3.01. The predicted octanol–water partition coefficient (Wildman–Crippen LogP) is 2.44. The molecule has 1 aromatic carbocycles. The Kier molecular flexibility index (Phi) is 2.15. The highest BCUT2D eigenvalue weighted by atomic mass is 19.3. The maximum Gasteiger partial charge on any atom is 0.345 e. The zero-order valence-corrected chi connectivity index (χ0v) is 7.41. The van der Waals surface area contributed by atoms with Gasteiger partial charge in [0.25, 0.3) is 6.43 Å². The van der Waals surface area contributed by atoms with E-state index < -0.39 is 17.6 Å². The van der Waals surface area contributed by atoms with Crippen LogP contribution >= 0.6 is 0 Å². The maximum absolute atomic E-state index is 12.3. The molecule has 0 atom stereocenters. The quantitative estimate of drug-likeness (QED) is 0.738. The van der Waals surface area contributed by atoms with Gasteiger partial charge in [-0.3, -0.25) is 0 Å². The van der Waals surface area contributed by atoms with Crippen LogP contribution in [0.25, 0.3) is 11.0 Å². The topological polar surface area (TPSA) is 50.4 Å². The third-order valence-corrected chi connectivity index (χ3v) is 1.98. The van der Waals surface area contributed by atoms with Crippen molar-refractivity contribution < 1.29 is 18.3 Å². The number of fused-ring (bicyclic) bond motifs is 1. The Morgan fingerprint density at radius 3 is 2.67 bits per heavy atom. The van der Waals surface area contributed by atoms with Gasteiger partial charge in [-0.15, -0.1) is 0 Å². The van der Waals surface area contributed by atoms with Crippen molar-refractivity contribution in [3.63, 3.8) is 0 Å². The average Bonchev–Trinajstić information content (AvgIpc) is 2.15. The molecule has 0 radical (unpaired) electrons. The van der Waals surface area contributed by atoms with E-state index in [2.05, 4.69) is 4.42 Å². The smallest absolute Gasteiger partial charge is 0.345 e. The lowest BCUT2D eigenvalue weighted by atomic mass is 10.2. The van der Waals surface area contributed by atoms with Crippen molar-refractivity contribution in [1.82, 2.24) is 0 Å². The average molecular weight is 212 g/mol. The van der Waals surface area contributed by atoms with Crippen molar-refractivity contribution >= 4 is 11.0 Å². The molecule has 0 amide bonds. The van der Waals surface area contributed by atoms with Crippen molar-refractivity contribution in [3.05, 3.63) is 40.2 Å². The molecular weight excluding hydrogens is 206 g/mol. The summed E-state index contributed by atoms with van der Waals surface area (Å²) in [6.07, 6.45) is -2.86. The molecular formula is C10H6F2O3. The third-order valence-electron chi connectivity index (χ3n) is 1.98. The fourth-order valence-electron chi connectivity index (χ4n) is 1.27. The minimum absolute atomic E-state index is 0.0874. The van der Waals surface area contributed by atoms with E-state index in [4.69, 9.17) is 5.11 Å². The van der Waals surface area contributed by atoms with E-state index in [1.807, 2.05) is 0 Å². The number of rotatable bonds is 1. The summed E-state index contributed by atoms with van der Waals surface area (Å²) in [4.78, 5) is 11.1. The van der Waals surface area contributed by atoms with Crippen molar-refractivity contribution in [2.24, 2.45) is 0 Å². The Hall–Kier alpha value is -1.91. The van der Waals surface area contributed by atoms with Gasteiger partial charge in [0.1, 0.15) is 16.9 Å². The van der Waals surface area contributed by atoms with Gasteiger partial charge in [-0.25, -0.2) is 13.6 Å². The highest BCUT2D eigenvalue weighted by Gasteiger charge is 2.14. The summed E-state index contributed by atoms with van der Waals surface area (Å²) in [6.45, 7) is 0. The Balaban J connectivity index is 2.76. The lowest BCUT2D eigenvalue weighted by Crippen LogP contribution is -2.06. The molecule has 0 saturated heterocycles. The van der Waals surface area contributed by atoms with Crippen molar-refractivity contribution in [3.8, 4) is 5.75 Å². The number of aromatic hydroxyl groups is 1. The molecule has 2 rings (SSSR count). The van der Waals surface area contributed by atoms with Crippen molar-refractivity contribution in [1.29, 1.82) is 0 Å². The fourth-order valence-corrected chi connectivity index (χ4v) is 1.27. The lowest BCUT2D eigenvalue weighted by molar-refractivity contribution is 0.147. The van der Waals surface area contributed by atoms with Crippen LogP contribution in [0.15, 0.2) is 33.5 Å². The molecule has 1 heterocycles. The van der Waals surface area contributed by atoms with Gasteiger partial charge in [0, 0.05) is 11.5 Å². The lowest BCUT2D eigenvalue weighted by Gasteiger charge is -2.00. The summed E-state index contributed by atoms with van der Waals surface area (Å²) in [7, 11) is 0. The van der Waals surface area contributed by atoms with E-state index in [0.717, 1.165) is 6.07 Å². The Labute approximate surface area is 82.6 Å². The third kappa shape index (κ3) is 1.68. The van der Waals surface area contributed by atoms with Crippen LogP contribution in [0, 0.1) is 0 Å². The molecule has 0 spiro atoms. The largest absolute Gasteiger partial charge is 0.508 e. The van der Waals surface area contributed by atoms with Gasteiger partial charge in [0.2, 0.25) is 0 Å². The zero-order chi connectivity index (χ0) is 11.0. The number of phenols is 1. The number of hydrogen-bond acceptors (Lipinski definition) is 3. The molecule has 1 aromatic heterocycles. The van der Waals surface area contributed by atoms with Crippen LogP contribution in [0.2, 0.25) is 0 Å². The molecule has 15 heavy (non-hydrogen) atoms. The summed E-state index contributed by atoms with van der Waals surface area (Å²) in [5.41, 5.74) is -1.67. The van der Waals surface area contributed by atoms with Crippen LogP contribution < -0.4 is 5.63 Å². The monoisotopic (exact) mass is 212 g/mol. The normalized spacial score (nSPS) is 11.1. The molecule has 2 aromatic rings.